The Labute approximate surface area is 91.4 Å². The van der Waals surface area contributed by atoms with Gasteiger partial charge in [-0.3, -0.25) is 5.10 Å². The molecule has 1 aromatic rings. The van der Waals surface area contributed by atoms with Gasteiger partial charge in [0.15, 0.2) is 0 Å². The van der Waals surface area contributed by atoms with Gasteiger partial charge in [0.05, 0.1) is 5.69 Å². The summed E-state index contributed by atoms with van der Waals surface area (Å²) in [7, 11) is 0. The average molecular weight is 207 g/mol. The lowest BCUT2D eigenvalue weighted by Gasteiger charge is -2.05. The molecular formula is C12H21N3. The summed E-state index contributed by atoms with van der Waals surface area (Å²) in [5.74, 6) is 0.926. The highest BCUT2D eigenvalue weighted by Gasteiger charge is 2.24. The molecule has 1 fully saturated rings. The van der Waals surface area contributed by atoms with E-state index in [9.17, 15) is 0 Å². The summed E-state index contributed by atoms with van der Waals surface area (Å²) in [5, 5.41) is 7.49. The molecule has 15 heavy (non-hydrogen) atoms. The van der Waals surface area contributed by atoms with E-state index in [-0.39, 0.29) is 6.04 Å². The molecule has 0 bridgehead atoms. The van der Waals surface area contributed by atoms with Crippen molar-refractivity contribution in [1.29, 1.82) is 0 Å². The zero-order valence-corrected chi connectivity index (χ0v) is 9.71. The van der Waals surface area contributed by atoms with Crippen molar-refractivity contribution in [2.45, 2.75) is 52.0 Å². The van der Waals surface area contributed by atoms with Crippen LogP contribution in [-0.2, 0) is 12.8 Å². The van der Waals surface area contributed by atoms with E-state index in [1.165, 1.54) is 36.2 Å². The molecule has 1 aliphatic carbocycles. The van der Waals surface area contributed by atoms with Crippen molar-refractivity contribution in [2.75, 3.05) is 0 Å². The Bertz CT molecular complexity index is 324. The minimum atomic E-state index is 0.274. The highest BCUT2D eigenvalue weighted by atomic mass is 15.1. The number of hydrogen-bond donors (Lipinski definition) is 2. The number of rotatable bonds is 5. The van der Waals surface area contributed by atoms with E-state index in [4.69, 9.17) is 5.73 Å². The second-order valence-corrected chi connectivity index (χ2v) is 4.94. The molecule has 3 nitrogen and oxygen atoms in total. The van der Waals surface area contributed by atoms with Crippen LogP contribution >= 0.6 is 0 Å². The third-order valence-electron chi connectivity index (χ3n) is 3.19. The van der Waals surface area contributed by atoms with Crippen LogP contribution < -0.4 is 5.73 Å². The van der Waals surface area contributed by atoms with Crippen LogP contribution in [0.4, 0.5) is 0 Å². The van der Waals surface area contributed by atoms with Crippen LogP contribution in [0.5, 0.6) is 0 Å². The lowest BCUT2D eigenvalue weighted by Crippen LogP contribution is -2.15. The first-order chi connectivity index (χ1) is 7.16. The van der Waals surface area contributed by atoms with Gasteiger partial charge >= 0.3 is 0 Å². The highest BCUT2D eigenvalue weighted by molar-refractivity contribution is 5.25. The Morgan fingerprint density at radius 2 is 2.27 bits per heavy atom. The van der Waals surface area contributed by atoms with Crippen molar-refractivity contribution in [1.82, 2.24) is 10.2 Å². The number of H-pyrrole nitrogens is 1. The van der Waals surface area contributed by atoms with Crippen molar-refractivity contribution < 1.29 is 0 Å². The van der Waals surface area contributed by atoms with E-state index < -0.39 is 0 Å². The fraction of sp³-hybridized carbons (Fsp3) is 0.750. The quantitative estimate of drug-likeness (QED) is 0.775. The standard InChI is InChI=1S/C12H21N3/c1-8(13)3-6-12-11(7-10-4-5-10)9(2)14-15-12/h8,10H,3-7,13H2,1-2H3,(H,14,15). The van der Waals surface area contributed by atoms with E-state index in [0.29, 0.717) is 0 Å². The Morgan fingerprint density at radius 1 is 1.53 bits per heavy atom. The van der Waals surface area contributed by atoms with Crippen molar-refractivity contribution in [3.8, 4) is 0 Å². The van der Waals surface area contributed by atoms with Crippen LogP contribution in [0.15, 0.2) is 0 Å². The minimum absolute atomic E-state index is 0.274. The summed E-state index contributed by atoms with van der Waals surface area (Å²) in [4.78, 5) is 0. The van der Waals surface area contributed by atoms with Crippen LogP contribution in [0.25, 0.3) is 0 Å². The number of aromatic amines is 1. The van der Waals surface area contributed by atoms with Crippen molar-refractivity contribution in [3.05, 3.63) is 17.0 Å². The SMILES string of the molecule is Cc1[nH]nc(CCC(C)N)c1CC1CC1. The molecule has 1 saturated carbocycles. The summed E-state index contributed by atoms with van der Waals surface area (Å²) in [5.41, 5.74) is 9.73. The summed E-state index contributed by atoms with van der Waals surface area (Å²) in [6.07, 6.45) is 6.07. The van der Waals surface area contributed by atoms with Gasteiger partial charge in [-0.05, 0) is 57.4 Å². The van der Waals surface area contributed by atoms with Crippen LogP contribution in [0.2, 0.25) is 0 Å². The molecule has 0 aromatic carbocycles. The summed E-state index contributed by atoms with van der Waals surface area (Å²) < 4.78 is 0. The molecule has 1 heterocycles. The molecule has 1 aromatic heterocycles. The van der Waals surface area contributed by atoms with Gasteiger partial charge < -0.3 is 5.73 Å². The first-order valence-corrected chi connectivity index (χ1v) is 5.95. The van der Waals surface area contributed by atoms with Gasteiger partial charge in [0.25, 0.3) is 0 Å². The second-order valence-electron chi connectivity index (χ2n) is 4.94. The molecule has 2 rings (SSSR count). The Hall–Kier alpha value is -0.830. The Morgan fingerprint density at radius 3 is 2.87 bits per heavy atom. The average Bonchev–Trinajstić information content (AvgIpc) is 2.92. The number of aromatic nitrogens is 2. The lowest BCUT2D eigenvalue weighted by atomic mass is 10.0. The largest absolute Gasteiger partial charge is 0.328 e. The smallest absolute Gasteiger partial charge is 0.0657 e. The highest BCUT2D eigenvalue weighted by Crippen LogP contribution is 2.34. The first kappa shape index (κ1) is 10.7. The maximum Gasteiger partial charge on any atom is 0.0657 e. The maximum absolute atomic E-state index is 5.77. The minimum Gasteiger partial charge on any atom is -0.328 e. The number of hydrogen-bond acceptors (Lipinski definition) is 2. The zero-order valence-electron chi connectivity index (χ0n) is 9.71. The van der Waals surface area contributed by atoms with Gasteiger partial charge in [-0.1, -0.05) is 0 Å². The fourth-order valence-electron chi connectivity index (χ4n) is 1.96. The Balaban J connectivity index is 2.01. The van der Waals surface area contributed by atoms with Gasteiger partial charge in [-0.2, -0.15) is 5.10 Å². The zero-order chi connectivity index (χ0) is 10.8. The summed E-state index contributed by atoms with van der Waals surface area (Å²) >= 11 is 0. The second kappa shape index (κ2) is 4.35. The summed E-state index contributed by atoms with van der Waals surface area (Å²) in [6.45, 7) is 4.18. The molecule has 0 spiro atoms. The fourth-order valence-corrected chi connectivity index (χ4v) is 1.96. The maximum atomic E-state index is 5.77. The number of nitrogens with two attached hydrogens (primary N) is 1. The molecular weight excluding hydrogens is 186 g/mol. The predicted octanol–water partition coefficient (Wildman–Crippen LogP) is 1.95. The molecule has 1 aliphatic rings. The lowest BCUT2D eigenvalue weighted by molar-refractivity contribution is 0.652. The third-order valence-corrected chi connectivity index (χ3v) is 3.19. The third kappa shape index (κ3) is 2.81. The summed E-state index contributed by atoms with van der Waals surface area (Å²) in [6, 6.07) is 0.274. The van der Waals surface area contributed by atoms with Gasteiger partial charge in [0, 0.05) is 11.7 Å². The Kier molecular flexibility index (Phi) is 3.10. The number of nitrogens with one attached hydrogen (secondary N) is 1. The van der Waals surface area contributed by atoms with Crippen LogP contribution in [0.3, 0.4) is 0 Å². The molecule has 84 valence electrons. The first-order valence-electron chi connectivity index (χ1n) is 5.95. The van der Waals surface area contributed by atoms with Crippen LogP contribution in [0.1, 0.15) is 43.1 Å². The molecule has 0 saturated heterocycles. The van der Waals surface area contributed by atoms with E-state index in [0.717, 1.165) is 18.8 Å². The van der Waals surface area contributed by atoms with Gasteiger partial charge in [0.2, 0.25) is 0 Å². The van der Waals surface area contributed by atoms with Crippen molar-refractivity contribution >= 4 is 0 Å². The van der Waals surface area contributed by atoms with Gasteiger partial charge in [-0.25, -0.2) is 0 Å². The van der Waals surface area contributed by atoms with E-state index in [1.54, 1.807) is 0 Å². The molecule has 0 radical (unpaired) electrons. The molecule has 0 aliphatic heterocycles. The van der Waals surface area contributed by atoms with E-state index in [2.05, 4.69) is 24.0 Å². The van der Waals surface area contributed by atoms with Gasteiger partial charge in [0.1, 0.15) is 0 Å². The molecule has 1 unspecified atom stereocenters. The topological polar surface area (TPSA) is 54.7 Å². The van der Waals surface area contributed by atoms with Crippen LogP contribution in [-0.4, -0.2) is 16.2 Å². The monoisotopic (exact) mass is 207 g/mol. The molecule has 3 heteroatoms. The van der Waals surface area contributed by atoms with Crippen LogP contribution in [0, 0.1) is 12.8 Å². The predicted molar refractivity (Wildman–Crippen MR) is 61.7 cm³/mol. The number of nitrogens with zero attached hydrogens (tertiary/aromatic N) is 1. The van der Waals surface area contributed by atoms with Gasteiger partial charge in [-0.15, -0.1) is 0 Å². The van der Waals surface area contributed by atoms with Crippen molar-refractivity contribution in [3.63, 3.8) is 0 Å². The normalized spacial score (nSPS) is 18.1. The van der Waals surface area contributed by atoms with Crippen molar-refractivity contribution in [2.24, 2.45) is 11.7 Å². The van der Waals surface area contributed by atoms with E-state index >= 15 is 0 Å². The number of aryl methyl sites for hydroxylation is 2. The molecule has 0 amide bonds. The molecule has 1 atom stereocenters. The molecule has 3 N–H and O–H groups in total. The van der Waals surface area contributed by atoms with E-state index in [1.807, 2.05) is 0 Å².